The summed E-state index contributed by atoms with van der Waals surface area (Å²) in [4.78, 5) is 20.8. The van der Waals surface area contributed by atoms with Crippen LogP contribution in [0, 0.1) is 0 Å². The third-order valence-electron chi connectivity index (χ3n) is 1.86. The Morgan fingerprint density at radius 1 is 1.44 bits per heavy atom. The first-order valence-corrected chi connectivity index (χ1v) is 4.63. The first kappa shape index (κ1) is 15.8. The molecule has 1 aromatic rings. The average molecular weight is 246 g/mol. The maximum absolute atomic E-state index is 10.6. The Morgan fingerprint density at radius 3 is 2.62 bits per heavy atom. The molecule has 0 aromatic heterocycles. The van der Waals surface area contributed by atoms with E-state index in [1.165, 1.54) is 6.07 Å². The Kier molecular flexibility index (Phi) is 7.87. The smallest absolute Gasteiger partial charge is 0.514 e. The second-order valence-corrected chi connectivity index (χ2v) is 3.13. The van der Waals surface area contributed by atoms with E-state index in [0.717, 1.165) is 18.4 Å². The molecule has 0 amide bonds. The molecular formula is C11H11KO4. The molecule has 0 bridgehead atoms. The molecule has 0 saturated heterocycles. The maximum atomic E-state index is 10.6. The van der Waals surface area contributed by atoms with E-state index in [-0.39, 0.29) is 57.1 Å². The van der Waals surface area contributed by atoms with Gasteiger partial charge in [-0.1, -0.05) is 13.3 Å². The monoisotopic (exact) mass is 246 g/mol. The number of hydrogen-bond donors (Lipinski definition) is 0. The summed E-state index contributed by atoms with van der Waals surface area (Å²) < 4.78 is 4.39. The van der Waals surface area contributed by atoms with Crippen molar-refractivity contribution in [3.8, 4) is 5.75 Å². The zero-order valence-electron chi connectivity index (χ0n) is 9.36. The van der Waals surface area contributed by atoms with Crippen LogP contribution in [0.15, 0.2) is 18.2 Å². The summed E-state index contributed by atoms with van der Waals surface area (Å²) in [5, 5.41) is 10.2. The number of rotatable bonds is 4. The third kappa shape index (κ3) is 5.22. The fourth-order valence-corrected chi connectivity index (χ4v) is 1.34. The summed E-state index contributed by atoms with van der Waals surface area (Å²) in [6.07, 6.45) is 0.708. The van der Waals surface area contributed by atoms with Crippen molar-refractivity contribution in [2.75, 3.05) is 0 Å². The second kappa shape index (κ2) is 7.97. The molecule has 1 aromatic carbocycles. The number of carbonyl (C=O) groups excluding carboxylic acids is 2. The van der Waals surface area contributed by atoms with Gasteiger partial charge in [-0.2, -0.15) is 0 Å². The van der Waals surface area contributed by atoms with Crippen molar-refractivity contribution >= 4 is 12.4 Å². The quantitative estimate of drug-likeness (QED) is 0.271. The molecular weight excluding hydrogens is 235 g/mol. The Bertz CT molecular complexity index is 376. The molecule has 0 atom stereocenters. The topological polar surface area (TPSA) is 66.4 Å². The van der Waals surface area contributed by atoms with Gasteiger partial charge in [0.05, 0.1) is 5.75 Å². The van der Waals surface area contributed by atoms with Gasteiger partial charge >= 0.3 is 51.4 Å². The fraction of sp³-hybridized carbons (Fsp3) is 0.273. The predicted octanol–water partition coefficient (Wildman–Crippen LogP) is -1.82. The molecule has 80 valence electrons. The van der Waals surface area contributed by atoms with Gasteiger partial charge in [-0.3, -0.25) is 4.79 Å². The minimum Gasteiger partial charge on any atom is -0.514 e. The van der Waals surface area contributed by atoms with Crippen LogP contribution in [0.2, 0.25) is 0 Å². The van der Waals surface area contributed by atoms with E-state index in [2.05, 4.69) is 4.74 Å². The molecule has 16 heavy (non-hydrogen) atoms. The predicted molar refractivity (Wildman–Crippen MR) is 51.8 cm³/mol. The van der Waals surface area contributed by atoms with Gasteiger partial charge in [-0.05, 0) is 30.2 Å². The van der Waals surface area contributed by atoms with Crippen molar-refractivity contribution in [2.24, 2.45) is 0 Å². The van der Waals surface area contributed by atoms with E-state index in [9.17, 15) is 14.7 Å². The summed E-state index contributed by atoms with van der Waals surface area (Å²) >= 11 is 0. The number of carboxylic acid groups (broad SMARTS) is 1. The number of benzene rings is 1. The van der Waals surface area contributed by atoms with Crippen LogP contribution < -0.4 is 61.2 Å². The van der Waals surface area contributed by atoms with Crippen molar-refractivity contribution in [3.05, 3.63) is 29.3 Å². The van der Waals surface area contributed by atoms with Crippen LogP contribution in [0.1, 0.15) is 29.3 Å². The van der Waals surface area contributed by atoms with Crippen molar-refractivity contribution in [1.82, 2.24) is 0 Å². The molecule has 0 aliphatic carbocycles. The van der Waals surface area contributed by atoms with Crippen molar-refractivity contribution in [2.45, 2.75) is 19.8 Å². The normalized spacial score (nSPS) is 9.06. The standard InChI is InChI=1S/C11H12O4.K/c1-2-3-8-4-9(7-12)6-10(5-8)15-11(13)14;/h4-7H,2-3H2,1H3,(H,13,14);/q;+1/p-1. The zero-order valence-corrected chi connectivity index (χ0v) is 12.5. The van der Waals surface area contributed by atoms with E-state index in [1.54, 1.807) is 12.1 Å². The minimum absolute atomic E-state index is 0. The molecule has 4 nitrogen and oxygen atoms in total. The fourth-order valence-electron chi connectivity index (χ4n) is 1.34. The Balaban J connectivity index is 0.00000225. The molecule has 1 rings (SSSR count). The Labute approximate surface area is 136 Å². The number of carbonyl (C=O) groups is 2. The summed E-state index contributed by atoms with van der Waals surface area (Å²) in [5.41, 5.74) is 1.27. The van der Waals surface area contributed by atoms with Crippen molar-refractivity contribution in [3.63, 3.8) is 0 Å². The van der Waals surface area contributed by atoms with Gasteiger partial charge in [-0.25, -0.2) is 0 Å². The van der Waals surface area contributed by atoms with Crippen LogP contribution in [0.4, 0.5) is 4.79 Å². The van der Waals surface area contributed by atoms with Gasteiger partial charge in [0.25, 0.3) is 6.16 Å². The number of ether oxygens (including phenoxy) is 1. The summed E-state index contributed by atoms with van der Waals surface area (Å²) in [6, 6.07) is 4.66. The Hall–Kier alpha value is -0.204. The van der Waals surface area contributed by atoms with Crippen LogP contribution in [0.5, 0.6) is 5.75 Å². The van der Waals surface area contributed by atoms with Crippen LogP contribution in [-0.4, -0.2) is 12.4 Å². The molecule has 0 N–H and O–H groups in total. The van der Waals surface area contributed by atoms with Crippen molar-refractivity contribution < 1.29 is 70.8 Å². The van der Waals surface area contributed by atoms with E-state index in [0.29, 0.717) is 11.8 Å². The number of aldehydes is 1. The van der Waals surface area contributed by atoms with Gasteiger partial charge in [0.1, 0.15) is 6.29 Å². The van der Waals surface area contributed by atoms with E-state index < -0.39 is 6.16 Å². The molecule has 0 radical (unpaired) electrons. The number of hydrogen-bond acceptors (Lipinski definition) is 4. The van der Waals surface area contributed by atoms with Crippen LogP contribution in [-0.2, 0) is 6.42 Å². The minimum atomic E-state index is -1.62. The van der Waals surface area contributed by atoms with Crippen LogP contribution in [0.25, 0.3) is 0 Å². The molecule has 0 spiro atoms. The molecule has 0 heterocycles. The molecule has 0 fully saturated rings. The van der Waals surface area contributed by atoms with Gasteiger partial charge in [0, 0.05) is 5.56 Å². The van der Waals surface area contributed by atoms with Crippen LogP contribution in [0.3, 0.4) is 0 Å². The first-order chi connectivity index (χ1) is 7.15. The maximum Gasteiger partial charge on any atom is 1.00 e. The average Bonchev–Trinajstić information content (AvgIpc) is 2.16. The van der Waals surface area contributed by atoms with Gasteiger partial charge < -0.3 is 14.6 Å². The Morgan fingerprint density at radius 2 is 2.12 bits per heavy atom. The van der Waals surface area contributed by atoms with Crippen LogP contribution >= 0.6 is 0 Å². The summed E-state index contributed by atoms with van der Waals surface area (Å²) in [7, 11) is 0. The van der Waals surface area contributed by atoms with E-state index in [1.807, 2.05) is 6.92 Å². The van der Waals surface area contributed by atoms with Gasteiger partial charge in [-0.15, -0.1) is 0 Å². The molecule has 0 aliphatic rings. The van der Waals surface area contributed by atoms with Gasteiger partial charge in [0.2, 0.25) is 0 Å². The summed E-state index contributed by atoms with van der Waals surface area (Å²) in [6.45, 7) is 1.99. The number of aryl methyl sites for hydroxylation is 1. The largest absolute Gasteiger partial charge is 1.00 e. The van der Waals surface area contributed by atoms with Crippen molar-refractivity contribution in [1.29, 1.82) is 0 Å². The molecule has 0 unspecified atom stereocenters. The van der Waals surface area contributed by atoms with Gasteiger partial charge in [0.15, 0.2) is 0 Å². The SMILES string of the molecule is CCCc1cc(C=O)cc(OC(=O)[O-])c1.[K+]. The molecule has 0 saturated carbocycles. The summed E-state index contributed by atoms with van der Waals surface area (Å²) in [5.74, 6) is 0.128. The van der Waals surface area contributed by atoms with E-state index >= 15 is 0 Å². The molecule has 5 heteroatoms. The zero-order chi connectivity index (χ0) is 11.3. The van der Waals surface area contributed by atoms with E-state index in [4.69, 9.17) is 0 Å². The molecule has 0 aliphatic heterocycles. The third-order valence-corrected chi connectivity index (χ3v) is 1.86. The first-order valence-electron chi connectivity index (χ1n) is 4.63. The second-order valence-electron chi connectivity index (χ2n) is 3.13.